The Labute approximate surface area is 470 Å². The molecule has 6 heteroatoms. The maximum atomic E-state index is 12.5. The summed E-state index contributed by atoms with van der Waals surface area (Å²) in [5.41, 5.74) is 0. The first-order valence-corrected chi connectivity index (χ1v) is 34.8. The minimum absolute atomic E-state index is 0.0195. The molecule has 0 bridgehead atoms. The van der Waals surface area contributed by atoms with Crippen molar-refractivity contribution in [1.82, 2.24) is 5.32 Å². The first-order chi connectivity index (χ1) is 37.0. The number of aliphatic hydroxyl groups excluding tert-OH is 2. The molecule has 6 nitrogen and oxygen atoms in total. The van der Waals surface area contributed by atoms with Gasteiger partial charge in [-0.3, -0.25) is 9.59 Å². The van der Waals surface area contributed by atoms with E-state index in [1.807, 2.05) is 0 Å². The van der Waals surface area contributed by atoms with Crippen LogP contribution in [-0.4, -0.2) is 47.4 Å². The number of carbonyl (C=O) groups is 2. The van der Waals surface area contributed by atoms with E-state index in [2.05, 4.69) is 19.2 Å². The number of hydrogen-bond donors (Lipinski definition) is 3. The quantitative estimate of drug-likeness (QED) is 0.0417. The molecular formula is C69H137NO5. The molecule has 3 N–H and O–H groups in total. The summed E-state index contributed by atoms with van der Waals surface area (Å²) in [6.45, 7) is 5.00. The zero-order chi connectivity index (χ0) is 54.3. The molecule has 0 aliphatic carbocycles. The highest BCUT2D eigenvalue weighted by molar-refractivity contribution is 5.76. The highest BCUT2D eigenvalue weighted by atomic mass is 16.5. The third kappa shape index (κ3) is 61.9. The molecule has 1 amide bonds. The van der Waals surface area contributed by atoms with E-state index in [0.29, 0.717) is 25.9 Å². The number of rotatable bonds is 66. The highest BCUT2D eigenvalue weighted by Gasteiger charge is 2.20. The third-order valence-electron chi connectivity index (χ3n) is 16.7. The van der Waals surface area contributed by atoms with Gasteiger partial charge >= 0.3 is 5.97 Å². The average molecular weight is 1060 g/mol. The van der Waals surface area contributed by atoms with Gasteiger partial charge in [0.1, 0.15) is 0 Å². The largest absolute Gasteiger partial charge is 0.466 e. The van der Waals surface area contributed by atoms with Gasteiger partial charge in [0.05, 0.1) is 25.4 Å². The fraction of sp³-hybridized carbons (Fsp3) is 0.971. The SMILES string of the molecule is CCCCCCCCCCCCCCCCCCCCCC(=O)OCCCCCCCCCCCCCCCCCCCCCCCCC(=O)NC(CO)C(O)CCCCCCCCCCCCCCCCCCC. The second-order valence-electron chi connectivity index (χ2n) is 24.2. The molecule has 0 fully saturated rings. The summed E-state index contributed by atoms with van der Waals surface area (Å²) in [6, 6.07) is -0.541. The van der Waals surface area contributed by atoms with E-state index in [1.54, 1.807) is 0 Å². The third-order valence-corrected chi connectivity index (χ3v) is 16.7. The standard InChI is InChI=1S/C69H137NO5/c1-3-5-7-9-11-13-15-17-19-21-26-31-35-39-43-47-51-55-59-63-69(74)75-64-60-56-52-48-44-40-36-32-28-25-23-22-24-27-30-34-38-42-46-50-54-58-62-68(73)70-66(65-71)67(72)61-57-53-49-45-41-37-33-29-20-18-16-14-12-10-8-6-4-2/h66-67,71-72H,3-65H2,1-2H3,(H,70,73). The lowest BCUT2D eigenvalue weighted by Gasteiger charge is -2.22. The Morgan fingerprint density at radius 2 is 0.547 bits per heavy atom. The summed E-state index contributed by atoms with van der Waals surface area (Å²) < 4.78 is 5.51. The molecule has 0 heterocycles. The molecule has 0 aliphatic rings. The summed E-state index contributed by atoms with van der Waals surface area (Å²) in [6.07, 6.45) is 78.5. The maximum absolute atomic E-state index is 12.5. The Morgan fingerprint density at radius 1 is 0.320 bits per heavy atom. The van der Waals surface area contributed by atoms with Crippen LogP contribution in [0.3, 0.4) is 0 Å². The number of aliphatic hydroxyl groups is 2. The molecule has 0 aromatic carbocycles. The van der Waals surface area contributed by atoms with E-state index in [1.165, 1.54) is 334 Å². The zero-order valence-corrected chi connectivity index (χ0v) is 51.3. The summed E-state index contributed by atoms with van der Waals surface area (Å²) >= 11 is 0. The monoisotopic (exact) mass is 1060 g/mol. The van der Waals surface area contributed by atoms with Crippen molar-refractivity contribution in [1.29, 1.82) is 0 Å². The van der Waals surface area contributed by atoms with E-state index >= 15 is 0 Å². The van der Waals surface area contributed by atoms with E-state index in [9.17, 15) is 19.8 Å². The molecule has 0 radical (unpaired) electrons. The molecule has 0 spiro atoms. The van der Waals surface area contributed by atoms with Crippen molar-refractivity contribution < 1.29 is 24.5 Å². The number of esters is 1. The molecule has 0 saturated heterocycles. The Morgan fingerprint density at radius 3 is 0.813 bits per heavy atom. The first-order valence-electron chi connectivity index (χ1n) is 34.8. The van der Waals surface area contributed by atoms with Gasteiger partial charge in [-0.1, -0.05) is 367 Å². The lowest BCUT2D eigenvalue weighted by Crippen LogP contribution is -2.45. The van der Waals surface area contributed by atoms with Crippen LogP contribution in [0.25, 0.3) is 0 Å². The van der Waals surface area contributed by atoms with Crippen LogP contribution in [0, 0.1) is 0 Å². The van der Waals surface area contributed by atoms with Gasteiger partial charge in [-0.2, -0.15) is 0 Å². The van der Waals surface area contributed by atoms with Gasteiger partial charge in [-0.05, 0) is 25.7 Å². The molecule has 2 unspecified atom stereocenters. The Hall–Kier alpha value is -1.14. The second kappa shape index (κ2) is 65.4. The Balaban J connectivity index is 3.34. The summed E-state index contributed by atoms with van der Waals surface area (Å²) in [7, 11) is 0. The minimum atomic E-state index is -0.664. The van der Waals surface area contributed by atoms with Gasteiger partial charge in [0.2, 0.25) is 5.91 Å². The Kier molecular flexibility index (Phi) is 64.4. The lowest BCUT2D eigenvalue weighted by atomic mass is 10.0. The Bertz CT molecular complexity index is 1080. The molecule has 0 saturated carbocycles. The number of unbranched alkanes of at least 4 members (excludes halogenated alkanes) is 55. The van der Waals surface area contributed by atoms with Crippen molar-refractivity contribution >= 4 is 11.9 Å². The number of amides is 1. The van der Waals surface area contributed by atoms with Gasteiger partial charge < -0.3 is 20.3 Å². The second-order valence-corrected chi connectivity index (χ2v) is 24.2. The van der Waals surface area contributed by atoms with Gasteiger partial charge in [0.15, 0.2) is 0 Å². The fourth-order valence-corrected chi connectivity index (χ4v) is 11.4. The van der Waals surface area contributed by atoms with Crippen LogP contribution in [0.2, 0.25) is 0 Å². The van der Waals surface area contributed by atoms with Crippen LogP contribution in [0.15, 0.2) is 0 Å². The van der Waals surface area contributed by atoms with Crippen LogP contribution in [0.4, 0.5) is 0 Å². The highest BCUT2D eigenvalue weighted by Crippen LogP contribution is 2.19. The van der Waals surface area contributed by atoms with E-state index in [4.69, 9.17) is 4.74 Å². The smallest absolute Gasteiger partial charge is 0.305 e. The molecule has 0 rings (SSSR count). The lowest BCUT2D eigenvalue weighted by molar-refractivity contribution is -0.143. The first kappa shape index (κ1) is 73.9. The number of ether oxygens (including phenoxy) is 1. The molecular weight excluding hydrogens is 923 g/mol. The van der Waals surface area contributed by atoms with Crippen molar-refractivity contribution in [3.63, 3.8) is 0 Å². The van der Waals surface area contributed by atoms with Crippen LogP contribution < -0.4 is 5.32 Å². The van der Waals surface area contributed by atoms with Crippen molar-refractivity contribution in [3.8, 4) is 0 Å². The van der Waals surface area contributed by atoms with Crippen LogP contribution >= 0.6 is 0 Å². The molecule has 448 valence electrons. The average Bonchev–Trinajstić information content (AvgIpc) is 3.41. The van der Waals surface area contributed by atoms with E-state index in [0.717, 1.165) is 38.5 Å². The van der Waals surface area contributed by atoms with Gasteiger partial charge in [0.25, 0.3) is 0 Å². The number of hydrogen-bond acceptors (Lipinski definition) is 5. The summed E-state index contributed by atoms with van der Waals surface area (Å²) in [5.74, 6) is -0.0111. The van der Waals surface area contributed by atoms with Crippen molar-refractivity contribution in [2.45, 2.75) is 418 Å². The van der Waals surface area contributed by atoms with E-state index < -0.39 is 12.1 Å². The van der Waals surface area contributed by atoms with Crippen LogP contribution in [0.1, 0.15) is 406 Å². The van der Waals surface area contributed by atoms with Gasteiger partial charge in [0, 0.05) is 12.8 Å². The number of carbonyl (C=O) groups excluding carboxylic acids is 2. The molecule has 2 atom stereocenters. The van der Waals surface area contributed by atoms with Crippen LogP contribution in [0.5, 0.6) is 0 Å². The zero-order valence-electron chi connectivity index (χ0n) is 51.3. The van der Waals surface area contributed by atoms with Crippen molar-refractivity contribution in [2.75, 3.05) is 13.2 Å². The molecule has 0 aliphatic heterocycles. The number of nitrogens with one attached hydrogen (secondary N) is 1. The summed E-state index contributed by atoms with van der Waals surface area (Å²) in [5, 5.41) is 23.4. The molecule has 0 aromatic heterocycles. The predicted octanol–water partition coefficient (Wildman–Crippen LogP) is 22.2. The maximum Gasteiger partial charge on any atom is 0.305 e. The van der Waals surface area contributed by atoms with E-state index in [-0.39, 0.29) is 18.5 Å². The van der Waals surface area contributed by atoms with Crippen LogP contribution in [-0.2, 0) is 14.3 Å². The summed E-state index contributed by atoms with van der Waals surface area (Å²) in [4.78, 5) is 24.6. The van der Waals surface area contributed by atoms with Gasteiger partial charge in [-0.25, -0.2) is 0 Å². The topological polar surface area (TPSA) is 95.9 Å². The predicted molar refractivity (Wildman–Crippen MR) is 329 cm³/mol. The fourth-order valence-electron chi connectivity index (χ4n) is 11.4. The minimum Gasteiger partial charge on any atom is -0.466 e. The van der Waals surface area contributed by atoms with Crippen molar-refractivity contribution in [2.24, 2.45) is 0 Å². The molecule has 0 aromatic rings. The normalized spacial score (nSPS) is 12.4. The molecule has 75 heavy (non-hydrogen) atoms. The van der Waals surface area contributed by atoms with Crippen molar-refractivity contribution in [3.05, 3.63) is 0 Å². The van der Waals surface area contributed by atoms with Gasteiger partial charge in [-0.15, -0.1) is 0 Å².